The van der Waals surface area contributed by atoms with Crippen molar-refractivity contribution in [1.82, 2.24) is 9.97 Å². The van der Waals surface area contributed by atoms with Crippen LogP contribution in [0.2, 0.25) is 0 Å². The summed E-state index contributed by atoms with van der Waals surface area (Å²) in [6.45, 7) is 6.32. The first-order chi connectivity index (χ1) is 15.6. The minimum atomic E-state index is -2.57. The van der Waals surface area contributed by atoms with Crippen LogP contribution in [-0.4, -0.2) is 36.3 Å². The highest BCUT2D eigenvalue weighted by molar-refractivity contribution is 7.70. The molecule has 1 heterocycles. The van der Waals surface area contributed by atoms with Crippen LogP contribution in [0.3, 0.4) is 0 Å². The van der Waals surface area contributed by atoms with Gasteiger partial charge in [0.2, 0.25) is 5.95 Å². The van der Waals surface area contributed by atoms with Gasteiger partial charge in [0.15, 0.2) is 5.83 Å². The molecule has 2 N–H and O–H groups in total. The first-order valence-electron chi connectivity index (χ1n) is 9.63. The van der Waals surface area contributed by atoms with Crippen LogP contribution < -0.4 is 25.1 Å². The van der Waals surface area contributed by atoms with E-state index in [-0.39, 0.29) is 5.95 Å². The molecular weight excluding hydrogens is 468 g/mol. The van der Waals surface area contributed by atoms with Crippen LogP contribution in [-0.2, 0) is 9.36 Å². The van der Waals surface area contributed by atoms with E-state index < -0.39 is 18.9 Å². The number of nitrogens with zero attached hydrogens (tertiary/aromatic N) is 3. The number of rotatable bonds is 8. The van der Waals surface area contributed by atoms with Gasteiger partial charge >= 0.3 is 0 Å². The second-order valence-electron chi connectivity index (χ2n) is 7.28. The Labute approximate surface area is 195 Å². The molecule has 3 aromatic rings. The standard InChI is InChI=1S/C22H22ClFN5O3P/c1-14(24)21(30)27-15-9-10-19(32-2)17(11-15)28-22-25-12-16(13-26-22)29(23)18-7-5-6-8-20(18)33(3,4)31/h5-13H,1H2,2-4H3,(H,27,30)(H,25,26,28). The molecule has 0 unspecified atom stereocenters. The van der Waals surface area contributed by atoms with E-state index in [1.165, 1.54) is 23.9 Å². The molecule has 0 aliphatic carbocycles. The number of hydrogen-bond acceptors (Lipinski definition) is 7. The van der Waals surface area contributed by atoms with Crippen LogP contribution in [0.1, 0.15) is 0 Å². The fraction of sp³-hybridized carbons (Fsp3) is 0.136. The molecule has 1 aromatic heterocycles. The molecule has 33 heavy (non-hydrogen) atoms. The van der Waals surface area contributed by atoms with Gasteiger partial charge in [0, 0.05) is 22.8 Å². The van der Waals surface area contributed by atoms with E-state index in [2.05, 4.69) is 27.2 Å². The van der Waals surface area contributed by atoms with Crippen molar-refractivity contribution in [3.8, 4) is 5.75 Å². The highest BCUT2D eigenvalue weighted by Crippen LogP contribution is 2.40. The molecule has 0 aliphatic rings. The maximum Gasteiger partial charge on any atom is 0.283 e. The summed E-state index contributed by atoms with van der Waals surface area (Å²) in [4.78, 5) is 20.1. The van der Waals surface area contributed by atoms with Crippen LogP contribution in [0, 0.1) is 0 Å². The number of para-hydroxylation sites is 1. The number of ether oxygens (including phenoxy) is 1. The average molecular weight is 490 g/mol. The minimum absolute atomic E-state index is 0.227. The number of anilines is 5. The third kappa shape index (κ3) is 5.88. The molecule has 1 amide bonds. The Morgan fingerprint density at radius 1 is 1.18 bits per heavy atom. The van der Waals surface area contributed by atoms with Crippen LogP contribution in [0.25, 0.3) is 0 Å². The van der Waals surface area contributed by atoms with Crippen LogP contribution >= 0.6 is 18.9 Å². The number of methoxy groups -OCH3 is 1. The average Bonchev–Trinajstić information content (AvgIpc) is 2.78. The molecule has 3 rings (SSSR count). The van der Waals surface area contributed by atoms with Crippen molar-refractivity contribution in [3.63, 3.8) is 0 Å². The summed E-state index contributed by atoms with van der Waals surface area (Å²) < 4.78 is 32.3. The number of halogens is 2. The maximum absolute atomic E-state index is 13.0. The van der Waals surface area contributed by atoms with E-state index in [1.807, 2.05) is 0 Å². The molecule has 0 saturated heterocycles. The number of carbonyl (C=O) groups is 1. The van der Waals surface area contributed by atoms with Crippen LogP contribution in [0.4, 0.5) is 33.1 Å². The number of amides is 1. The second kappa shape index (κ2) is 10.0. The van der Waals surface area contributed by atoms with Gasteiger partial charge in [-0.3, -0.25) is 4.79 Å². The summed E-state index contributed by atoms with van der Waals surface area (Å²) in [5, 5.41) is 6.01. The van der Waals surface area contributed by atoms with E-state index in [0.717, 1.165) is 0 Å². The number of benzene rings is 2. The fourth-order valence-corrected chi connectivity index (χ4v) is 4.38. The van der Waals surface area contributed by atoms with Crippen molar-refractivity contribution in [2.24, 2.45) is 0 Å². The molecule has 0 atom stereocenters. The lowest BCUT2D eigenvalue weighted by atomic mass is 10.2. The number of carbonyl (C=O) groups excluding carboxylic acids is 1. The zero-order chi connectivity index (χ0) is 24.2. The molecule has 0 spiro atoms. The fourth-order valence-electron chi connectivity index (χ4n) is 2.91. The quantitative estimate of drug-likeness (QED) is 0.255. The van der Waals surface area contributed by atoms with Gasteiger partial charge in [-0.15, -0.1) is 0 Å². The summed E-state index contributed by atoms with van der Waals surface area (Å²) in [7, 11) is -1.09. The second-order valence-corrected chi connectivity index (χ2v) is 10.8. The molecule has 8 nitrogen and oxygen atoms in total. The van der Waals surface area contributed by atoms with Crippen molar-refractivity contribution in [1.29, 1.82) is 0 Å². The molecule has 2 aromatic carbocycles. The van der Waals surface area contributed by atoms with Crippen molar-refractivity contribution in [2.75, 3.05) is 35.5 Å². The van der Waals surface area contributed by atoms with Crippen molar-refractivity contribution >= 4 is 58.8 Å². The lowest BCUT2D eigenvalue weighted by Gasteiger charge is -2.21. The van der Waals surface area contributed by atoms with E-state index in [9.17, 15) is 13.8 Å². The Kier molecular flexibility index (Phi) is 7.36. The SMILES string of the molecule is C=C(F)C(=O)Nc1ccc(OC)c(Nc2ncc(N(Cl)c3ccccc3P(C)(C)=O)cn2)c1. The summed E-state index contributed by atoms with van der Waals surface area (Å²) in [6.07, 6.45) is 3.00. The Morgan fingerprint density at radius 3 is 2.45 bits per heavy atom. The van der Waals surface area contributed by atoms with Gasteiger partial charge < -0.3 is 19.9 Å². The van der Waals surface area contributed by atoms with Crippen molar-refractivity contribution < 1.29 is 18.5 Å². The normalized spacial score (nSPS) is 10.9. The lowest BCUT2D eigenvalue weighted by molar-refractivity contribution is -0.114. The van der Waals surface area contributed by atoms with Gasteiger partial charge in [0.25, 0.3) is 5.91 Å². The molecule has 0 bridgehead atoms. The smallest absolute Gasteiger partial charge is 0.283 e. The minimum Gasteiger partial charge on any atom is -0.495 e. The van der Waals surface area contributed by atoms with Crippen LogP contribution in [0.5, 0.6) is 5.75 Å². The molecule has 0 fully saturated rings. The van der Waals surface area contributed by atoms with E-state index >= 15 is 0 Å². The van der Waals surface area contributed by atoms with Crippen molar-refractivity contribution in [2.45, 2.75) is 0 Å². The van der Waals surface area contributed by atoms with E-state index in [1.54, 1.807) is 55.8 Å². The topological polar surface area (TPSA) is 96.5 Å². The molecule has 172 valence electrons. The van der Waals surface area contributed by atoms with Gasteiger partial charge in [-0.05, 0) is 43.7 Å². The Hall–Kier alpha value is -3.42. The molecule has 0 saturated carbocycles. The summed E-state index contributed by atoms with van der Waals surface area (Å²) in [6, 6.07) is 11.8. The van der Waals surface area contributed by atoms with E-state index in [4.69, 9.17) is 16.5 Å². The predicted octanol–water partition coefficient (Wildman–Crippen LogP) is 5.19. The molecular formula is C22H22ClFN5O3P. The summed E-state index contributed by atoms with van der Waals surface area (Å²) >= 11 is 6.51. The Balaban J connectivity index is 1.84. The van der Waals surface area contributed by atoms with Gasteiger partial charge in [-0.25, -0.2) is 18.8 Å². The van der Waals surface area contributed by atoms with Gasteiger partial charge in [-0.2, -0.15) is 0 Å². The molecule has 0 radical (unpaired) electrons. The van der Waals surface area contributed by atoms with Gasteiger partial charge in [0.1, 0.15) is 12.9 Å². The first kappa shape index (κ1) is 24.2. The third-order valence-electron chi connectivity index (χ3n) is 4.49. The predicted molar refractivity (Wildman–Crippen MR) is 131 cm³/mol. The van der Waals surface area contributed by atoms with Gasteiger partial charge in [-0.1, -0.05) is 18.7 Å². The zero-order valence-electron chi connectivity index (χ0n) is 18.2. The van der Waals surface area contributed by atoms with Crippen LogP contribution in [0.15, 0.2) is 67.3 Å². The largest absolute Gasteiger partial charge is 0.495 e. The van der Waals surface area contributed by atoms with E-state index in [0.29, 0.717) is 33.8 Å². The maximum atomic E-state index is 13.0. The number of aromatic nitrogens is 2. The number of nitrogens with one attached hydrogen (secondary N) is 2. The first-order valence-corrected chi connectivity index (χ1v) is 12.6. The lowest BCUT2D eigenvalue weighted by Crippen LogP contribution is -2.15. The number of hydrogen-bond donors (Lipinski definition) is 2. The zero-order valence-corrected chi connectivity index (χ0v) is 19.8. The van der Waals surface area contributed by atoms with Gasteiger partial charge in [0.05, 0.1) is 36.6 Å². The van der Waals surface area contributed by atoms with Crippen molar-refractivity contribution in [3.05, 3.63) is 67.3 Å². The third-order valence-corrected chi connectivity index (χ3v) is 6.40. The Morgan fingerprint density at radius 2 is 1.85 bits per heavy atom. The molecule has 11 heteroatoms. The summed E-state index contributed by atoms with van der Waals surface area (Å²) in [5.74, 6) is -1.37. The highest BCUT2D eigenvalue weighted by atomic mass is 35.5. The monoisotopic (exact) mass is 489 g/mol. The molecule has 0 aliphatic heterocycles. The summed E-state index contributed by atoms with van der Waals surface area (Å²) in [5.41, 5.74) is 1.82. The highest BCUT2D eigenvalue weighted by Gasteiger charge is 2.20. The Bertz CT molecular complexity index is 1230.